The second-order valence-electron chi connectivity index (χ2n) is 6.27. The number of nitrogens with zero attached hydrogens (tertiary/aromatic N) is 1. The van der Waals surface area contributed by atoms with Gasteiger partial charge in [-0.25, -0.2) is 13.1 Å². The normalized spacial score (nSPS) is 14.7. The van der Waals surface area contributed by atoms with Gasteiger partial charge in [-0.2, -0.15) is 0 Å². The molecule has 2 N–H and O–H groups in total. The van der Waals surface area contributed by atoms with E-state index in [1.807, 2.05) is 24.3 Å². The number of morpholine rings is 1. The Morgan fingerprint density at radius 1 is 1.07 bits per heavy atom. The molecule has 0 aliphatic carbocycles. The van der Waals surface area contributed by atoms with Crippen LogP contribution in [0.1, 0.15) is 6.42 Å². The van der Waals surface area contributed by atoms with Crippen LogP contribution in [-0.4, -0.2) is 47.2 Å². The largest absolute Gasteiger partial charge is 0.378 e. The number of hydrogen-bond acceptors (Lipinski definition) is 5. The minimum Gasteiger partial charge on any atom is -0.378 e. The highest BCUT2D eigenvalue weighted by Crippen LogP contribution is 2.21. The lowest BCUT2D eigenvalue weighted by atomic mass is 10.2. The van der Waals surface area contributed by atoms with Gasteiger partial charge in [0.1, 0.15) is 0 Å². The molecule has 0 bridgehead atoms. The molecule has 1 amide bonds. The summed E-state index contributed by atoms with van der Waals surface area (Å²) in [6, 6.07) is 14.1. The first kappa shape index (κ1) is 20.8. The van der Waals surface area contributed by atoms with Gasteiger partial charge >= 0.3 is 0 Å². The maximum absolute atomic E-state index is 12.3. The number of hydrogen-bond donors (Lipinski definition) is 2. The fourth-order valence-corrected chi connectivity index (χ4v) is 4.87. The van der Waals surface area contributed by atoms with Crippen LogP contribution in [0.3, 0.4) is 0 Å². The van der Waals surface area contributed by atoms with Crippen LogP contribution in [0.2, 0.25) is 0 Å². The number of nitrogens with one attached hydrogen (secondary N) is 2. The number of amides is 1. The van der Waals surface area contributed by atoms with Gasteiger partial charge in [0.25, 0.3) is 0 Å². The maximum atomic E-state index is 12.3. The first-order valence-electron chi connectivity index (χ1n) is 8.92. The van der Waals surface area contributed by atoms with Gasteiger partial charge in [0.2, 0.25) is 15.9 Å². The minimum atomic E-state index is -3.67. The van der Waals surface area contributed by atoms with E-state index in [0.29, 0.717) is 23.4 Å². The van der Waals surface area contributed by atoms with Crippen LogP contribution in [0.15, 0.2) is 57.9 Å². The topological polar surface area (TPSA) is 87.7 Å². The van der Waals surface area contributed by atoms with E-state index in [9.17, 15) is 13.2 Å². The van der Waals surface area contributed by atoms with E-state index >= 15 is 0 Å². The average Bonchev–Trinajstić information content (AvgIpc) is 2.69. The zero-order valence-electron chi connectivity index (χ0n) is 15.2. The van der Waals surface area contributed by atoms with Crippen molar-refractivity contribution in [2.45, 2.75) is 11.3 Å². The van der Waals surface area contributed by atoms with Crippen molar-refractivity contribution < 1.29 is 17.9 Å². The van der Waals surface area contributed by atoms with Gasteiger partial charge in [-0.05, 0) is 52.3 Å². The van der Waals surface area contributed by atoms with E-state index < -0.39 is 10.0 Å². The van der Waals surface area contributed by atoms with Crippen LogP contribution in [0, 0.1) is 0 Å². The highest BCUT2D eigenvalue weighted by Gasteiger charge is 2.17. The number of carbonyl (C=O) groups excluding carboxylic acids is 1. The van der Waals surface area contributed by atoms with E-state index in [0.717, 1.165) is 18.8 Å². The molecular formula is C19H22BrN3O4S. The third-order valence-electron chi connectivity index (χ3n) is 4.30. The van der Waals surface area contributed by atoms with Crippen molar-refractivity contribution >= 4 is 43.2 Å². The van der Waals surface area contributed by atoms with Crippen LogP contribution >= 0.6 is 15.9 Å². The molecule has 0 spiro atoms. The van der Waals surface area contributed by atoms with Crippen molar-refractivity contribution in [2.75, 3.05) is 43.1 Å². The zero-order valence-corrected chi connectivity index (χ0v) is 17.6. The molecule has 2 aromatic rings. The van der Waals surface area contributed by atoms with E-state index in [1.165, 1.54) is 6.07 Å². The lowest BCUT2D eigenvalue weighted by Gasteiger charge is -2.28. The van der Waals surface area contributed by atoms with E-state index in [4.69, 9.17) is 4.74 Å². The van der Waals surface area contributed by atoms with Crippen molar-refractivity contribution in [3.8, 4) is 0 Å². The average molecular weight is 468 g/mol. The summed E-state index contributed by atoms with van der Waals surface area (Å²) >= 11 is 3.22. The van der Waals surface area contributed by atoms with Crippen molar-refractivity contribution in [1.82, 2.24) is 4.72 Å². The van der Waals surface area contributed by atoms with Gasteiger partial charge in [0, 0.05) is 41.9 Å². The van der Waals surface area contributed by atoms with E-state index in [1.54, 1.807) is 18.2 Å². The van der Waals surface area contributed by atoms with Gasteiger partial charge in [-0.15, -0.1) is 0 Å². The molecule has 28 heavy (non-hydrogen) atoms. The maximum Gasteiger partial charge on any atom is 0.241 e. The summed E-state index contributed by atoms with van der Waals surface area (Å²) in [5.41, 5.74) is 1.76. The molecular weight excluding hydrogens is 446 g/mol. The van der Waals surface area contributed by atoms with Crippen molar-refractivity contribution in [2.24, 2.45) is 0 Å². The number of ether oxygens (including phenoxy) is 1. The Labute approximate surface area is 173 Å². The lowest BCUT2D eigenvalue weighted by Crippen LogP contribution is -2.36. The second-order valence-corrected chi connectivity index (χ2v) is 8.86. The number of anilines is 2. The monoisotopic (exact) mass is 467 g/mol. The van der Waals surface area contributed by atoms with Crippen molar-refractivity contribution in [3.63, 3.8) is 0 Å². The lowest BCUT2D eigenvalue weighted by molar-refractivity contribution is -0.116. The Kier molecular flexibility index (Phi) is 7.06. The third kappa shape index (κ3) is 5.54. The van der Waals surface area contributed by atoms with Crippen LogP contribution < -0.4 is 14.9 Å². The smallest absolute Gasteiger partial charge is 0.241 e. The molecule has 2 aromatic carbocycles. The summed E-state index contributed by atoms with van der Waals surface area (Å²) < 4.78 is 32.9. The summed E-state index contributed by atoms with van der Waals surface area (Å²) in [7, 11) is -3.67. The molecule has 1 fully saturated rings. The van der Waals surface area contributed by atoms with Crippen molar-refractivity contribution in [3.05, 3.63) is 53.0 Å². The molecule has 1 saturated heterocycles. The quantitative estimate of drug-likeness (QED) is 0.653. The summed E-state index contributed by atoms with van der Waals surface area (Å²) in [6.07, 6.45) is 0.0366. The standard InChI is InChI=1S/C19H22BrN3O4S/c20-17-3-1-2-4-18(17)28(25,26)21-10-9-19(24)22-15-5-7-16(8-6-15)23-11-13-27-14-12-23/h1-8,21H,9-14H2,(H,22,24). The van der Waals surface area contributed by atoms with Crippen LogP contribution in [0.5, 0.6) is 0 Å². The molecule has 7 nitrogen and oxygen atoms in total. The molecule has 1 aliphatic heterocycles. The van der Waals surface area contributed by atoms with Gasteiger partial charge in [-0.3, -0.25) is 4.79 Å². The Morgan fingerprint density at radius 3 is 2.43 bits per heavy atom. The first-order chi connectivity index (χ1) is 13.5. The van der Waals surface area contributed by atoms with Crippen molar-refractivity contribution in [1.29, 1.82) is 0 Å². The third-order valence-corrected chi connectivity index (χ3v) is 6.77. The summed E-state index contributed by atoms with van der Waals surface area (Å²) in [5.74, 6) is -0.256. The Balaban J connectivity index is 1.48. The van der Waals surface area contributed by atoms with Gasteiger partial charge in [-0.1, -0.05) is 12.1 Å². The molecule has 0 atom stereocenters. The highest BCUT2D eigenvalue weighted by molar-refractivity contribution is 9.10. The molecule has 0 radical (unpaired) electrons. The molecule has 0 unspecified atom stereocenters. The molecule has 0 aromatic heterocycles. The van der Waals surface area contributed by atoms with E-state index in [-0.39, 0.29) is 23.8 Å². The summed E-state index contributed by atoms with van der Waals surface area (Å²) in [6.45, 7) is 3.15. The summed E-state index contributed by atoms with van der Waals surface area (Å²) in [4.78, 5) is 14.5. The van der Waals surface area contributed by atoms with Crippen LogP contribution in [0.25, 0.3) is 0 Å². The Bertz CT molecular complexity index is 913. The molecule has 1 heterocycles. The molecule has 3 rings (SSSR count). The zero-order chi connectivity index (χ0) is 20.0. The molecule has 150 valence electrons. The minimum absolute atomic E-state index is 0.0152. The van der Waals surface area contributed by atoms with Crippen LogP contribution in [0.4, 0.5) is 11.4 Å². The first-order valence-corrected chi connectivity index (χ1v) is 11.2. The van der Waals surface area contributed by atoms with Gasteiger partial charge in [0.05, 0.1) is 18.1 Å². The molecule has 0 saturated carbocycles. The Hall–Kier alpha value is -1.94. The fourth-order valence-electron chi connectivity index (χ4n) is 2.84. The predicted molar refractivity (Wildman–Crippen MR) is 112 cm³/mol. The Morgan fingerprint density at radius 2 is 1.75 bits per heavy atom. The molecule has 1 aliphatic rings. The molecule has 9 heteroatoms. The van der Waals surface area contributed by atoms with E-state index in [2.05, 4.69) is 30.9 Å². The highest BCUT2D eigenvalue weighted by atomic mass is 79.9. The number of benzene rings is 2. The predicted octanol–water partition coefficient (Wildman–Crippen LogP) is 2.59. The fraction of sp³-hybridized carbons (Fsp3) is 0.316. The number of carbonyl (C=O) groups is 1. The number of halogens is 1. The number of rotatable bonds is 7. The van der Waals surface area contributed by atoms with Gasteiger partial charge in [0.15, 0.2) is 0 Å². The summed E-state index contributed by atoms with van der Waals surface area (Å²) in [5, 5.41) is 2.78. The second kappa shape index (κ2) is 9.51. The van der Waals surface area contributed by atoms with Gasteiger partial charge < -0.3 is 15.0 Å². The SMILES string of the molecule is O=C(CCNS(=O)(=O)c1ccccc1Br)Nc1ccc(N2CCOCC2)cc1. The van der Waals surface area contributed by atoms with Crippen LogP contribution in [-0.2, 0) is 19.6 Å². The number of sulfonamides is 1.